The van der Waals surface area contributed by atoms with E-state index in [4.69, 9.17) is 15.5 Å². The molecule has 5 heterocycles. The van der Waals surface area contributed by atoms with E-state index in [2.05, 4.69) is 15.1 Å². The molecule has 188 valence electrons. The predicted molar refractivity (Wildman–Crippen MR) is 150 cm³/mol. The van der Waals surface area contributed by atoms with E-state index in [1.165, 1.54) is 36.0 Å². The second-order valence-electron chi connectivity index (χ2n) is 9.35. The molecule has 1 aliphatic carbocycles. The van der Waals surface area contributed by atoms with Crippen LogP contribution in [0.5, 0.6) is 0 Å². The summed E-state index contributed by atoms with van der Waals surface area (Å²) in [6.45, 7) is 0. The summed E-state index contributed by atoms with van der Waals surface area (Å²) in [4.78, 5) is 27.3. The smallest absolute Gasteiger partial charge is 0.282 e. The highest BCUT2D eigenvalue weighted by molar-refractivity contribution is 8.27. The van der Waals surface area contributed by atoms with Crippen molar-refractivity contribution in [1.82, 2.24) is 24.6 Å². The van der Waals surface area contributed by atoms with Crippen molar-refractivity contribution in [3.63, 3.8) is 0 Å². The van der Waals surface area contributed by atoms with Crippen LogP contribution in [0.15, 0.2) is 70.5 Å². The summed E-state index contributed by atoms with van der Waals surface area (Å²) in [7, 11) is 0. The number of carbonyl (C=O) groups excluding carboxylic acids is 1. The van der Waals surface area contributed by atoms with Crippen molar-refractivity contribution >= 4 is 56.1 Å². The van der Waals surface area contributed by atoms with Crippen molar-refractivity contribution in [3.8, 4) is 11.3 Å². The summed E-state index contributed by atoms with van der Waals surface area (Å²) < 4.78 is 1.83. The molecule has 9 nitrogen and oxygen atoms in total. The van der Waals surface area contributed by atoms with Crippen LogP contribution >= 0.6 is 23.1 Å². The number of hydrogen-bond acceptors (Lipinski definition) is 8. The molecular weight excluding hydrogens is 516 g/mol. The van der Waals surface area contributed by atoms with E-state index in [-0.39, 0.29) is 11.4 Å². The largest absolute Gasteiger partial charge is 0.283 e. The minimum Gasteiger partial charge on any atom is -0.282 e. The molecule has 0 unspecified atom stereocenters. The van der Waals surface area contributed by atoms with Crippen LogP contribution in [0.25, 0.3) is 22.3 Å². The normalized spacial score (nSPS) is 19.3. The number of benzene rings is 1. The van der Waals surface area contributed by atoms with Gasteiger partial charge in [0.1, 0.15) is 10.1 Å². The lowest BCUT2D eigenvalue weighted by Crippen LogP contribution is -2.35. The standard InChI is InChI=1S/C27H22N8OS2/c28-22-19(23(36)31-27-35(22)33-25(38-27)18-12-7-13-29-15-18)14-20-21(16-8-3-1-4-9-16)30-26-34(20)32-24(37-26)17-10-5-2-6-11-17/h1,3-4,7-9,12-15,17,28H,2,5-6,10-11H2/b19-14-,28-22?. The number of rotatable bonds is 4. The van der Waals surface area contributed by atoms with E-state index >= 15 is 0 Å². The number of hydrazone groups is 1. The zero-order chi connectivity index (χ0) is 25.6. The topological polar surface area (TPSA) is 112 Å². The van der Waals surface area contributed by atoms with Crippen molar-refractivity contribution in [3.05, 3.63) is 76.7 Å². The molecule has 1 amide bonds. The van der Waals surface area contributed by atoms with Crippen LogP contribution in [0.4, 0.5) is 0 Å². The van der Waals surface area contributed by atoms with Crippen LogP contribution in [0.2, 0.25) is 0 Å². The SMILES string of the molecule is N=C1/C(=C/c2c(-c3ccccc3)nc3sc(C4CCCCC4)nn23)C(=O)N=C2SC(c3cccnc3)=NN12. The fraction of sp³-hybridized carbons (Fsp3) is 0.222. The Labute approximate surface area is 226 Å². The number of imidazole rings is 1. The second kappa shape index (κ2) is 9.41. The number of amidine groups is 2. The molecule has 7 rings (SSSR count). The summed E-state index contributed by atoms with van der Waals surface area (Å²) in [6.07, 6.45) is 11.1. The number of pyridine rings is 1. The fourth-order valence-corrected chi connectivity index (χ4v) is 6.92. The van der Waals surface area contributed by atoms with E-state index in [0.29, 0.717) is 21.8 Å². The Morgan fingerprint density at radius 3 is 2.63 bits per heavy atom. The number of nitrogens with zero attached hydrogens (tertiary/aromatic N) is 7. The van der Waals surface area contributed by atoms with Crippen molar-refractivity contribution in [2.45, 2.75) is 38.0 Å². The van der Waals surface area contributed by atoms with Crippen LogP contribution in [0.3, 0.4) is 0 Å². The number of aliphatic imine (C=N–C) groups is 1. The van der Waals surface area contributed by atoms with Crippen LogP contribution in [-0.4, -0.2) is 46.5 Å². The number of amides is 1. The van der Waals surface area contributed by atoms with Crippen molar-refractivity contribution in [2.24, 2.45) is 10.1 Å². The number of fused-ring (bicyclic) bond motifs is 2. The summed E-state index contributed by atoms with van der Waals surface area (Å²) in [5.74, 6) is -0.0593. The average Bonchev–Trinajstić information content (AvgIpc) is 3.66. The van der Waals surface area contributed by atoms with Crippen LogP contribution in [0.1, 0.15) is 54.3 Å². The monoisotopic (exact) mass is 538 g/mol. The van der Waals surface area contributed by atoms with Crippen molar-refractivity contribution in [2.75, 3.05) is 0 Å². The molecule has 3 aliphatic rings. The highest BCUT2D eigenvalue weighted by Gasteiger charge is 2.36. The van der Waals surface area contributed by atoms with E-state index < -0.39 is 5.91 Å². The van der Waals surface area contributed by atoms with Gasteiger partial charge >= 0.3 is 0 Å². The Hall–Kier alpha value is -3.96. The van der Waals surface area contributed by atoms with Gasteiger partial charge in [-0.15, -0.1) is 0 Å². The Morgan fingerprint density at radius 1 is 1.03 bits per heavy atom. The zero-order valence-electron chi connectivity index (χ0n) is 20.2. The first-order valence-electron chi connectivity index (χ1n) is 12.5. The molecule has 1 N–H and O–H groups in total. The highest BCUT2D eigenvalue weighted by Crippen LogP contribution is 2.37. The Bertz CT molecular complexity index is 1660. The predicted octanol–water partition coefficient (Wildman–Crippen LogP) is 5.57. The first-order chi connectivity index (χ1) is 18.7. The average molecular weight is 539 g/mol. The first kappa shape index (κ1) is 23.2. The molecule has 1 aromatic carbocycles. The first-order valence-corrected chi connectivity index (χ1v) is 14.1. The lowest BCUT2D eigenvalue weighted by atomic mass is 9.90. The molecular formula is C27H22N8OS2. The van der Waals surface area contributed by atoms with Crippen LogP contribution in [-0.2, 0) is 4.79 Å². The van der Waals surface area contributed by atoms with Gasteiger partial charge in [0.2, 0.25) is 10.1 Å². The summed E-state index contributed by atoms with van der Waals surface area (Å²) in [5.41, 5.74) is 3.26. The molecule has 1 saturated carbocycles. The fourth-order valence-electron chi connectivity index (χ4n) is 4.97. The molecule has 0 bridgehead atoms. The van der Waals surface area contributed by atoms with Crippen LogP contribution < -0.4 is 0 Å². The minimum atomic E-state index is -0.479. The van der Waals surface area contributed by atoms with Gasteiger partial charge in [-0.25, -0.2) is 9.50 Å². The molecule has 11 heteroatoms. The lowest BCUT2D eigenvalue weighted by Gasteiger charge is -2.20. The van der Waals surface area contributed by atoms with Crippen molar-refractivity contribution < 1.29 is 4.79 Å². The van der Waals surface area contributed by atoms with Gasteiger partial charge in [0.05, 0.1) is 17.0 Å². The van der Waals surface area contributed by atoms with Gasteiger partial charge in [0.25, 0.3) is 5.91 Å². The number of aromatic nitrogens is 4. The molecule has 2 aliphatic heterocycles. The van der Waals surface area contributed by atoms with Crippen LogP contribution in [0, 0.1) is 5.41 Å². The van der Waals surface area contributed by atoms with E-state index in [0.717, 1.165) is 39.6 Å². The van der Waals surface area contributed by atoms with E-state index in [1.54, 1.807) is 29.8 Å². The Balaban J connectivity index is 1.32. The lowest BCUT2D eigenvalue weighted by molar-refractivity contribution is -0.114. The third-order valence-corrected chi connectivity index (χ3v) is 8.93. The molecule has 0 spiro atoms. The maximum atomic E-state index is 13.2. The van der Waals surface area contributed by atoms with Crippen molar-refractivity contribution in [1.29, 1.82) is 5.41 Å². The highest BCUT2D eigenvalue weighted by atomic mass is 32.2. The maximum absolute atomic E-state index is 13.2. The molecule has 1 fully saturated rings. The van der Waals surface area contributed by atoms with Gasteiger partial charge in [0.15, 0.2) is 5.84 Å². The number of hydrogen-bond donors (Lipinski definition) is 1. The third kappa shape index (κ3) is 3.98. The van der Waals surface area contributed by atoms with Gasteiger partial charge in [-0.05, 0) is 42.8 Å². The van der Waals surface area contributed by atoms with Gasteiger partial charge in [0, 0.05) is 29.4 Å². The molecule has 0 radical (unpaired) electrons. The molecule has 4 aromatic rings. The summed E-state index contributed by atoms with van der Waals surface area (Å²) in [6, 6.07) is 13.6. The summed E-state index contributed by atoms with van der Waals surface area (Å²) >= 11 is 2.87. The van der Waals surface area contributed by atoms with Gasteiger partial charge in [-0.1, -0.05) is 60.9 Å². The Morgan fingerprint density at radius 2 is 1.84 bits per heavy atom. The molecule has 0 saturated heterocycles. The molecule has 38 heavy (non-hydrogen) atoms. The zero-order valence-corrected chi connectivity index (χ0v) is 21.9. The quantitative estimate of drug-likeness (QED) is 0.340. The van der Waals surface area contributed by atoms with Gasteiger partial charge in [-0.2, -0.15) is 20.2 Å². The summed E-state index contributed by atoms with van der Waals surface area (Å²) in [5, 5.41) is 21.9. The number of thioether (sulfide) groups is 1. The maximum Gasteiger partial charge on any atom is 0.283 e. The third-order valence-electron chi connectivity index (χ3n) is 6.90. The molecule has 3 aromatic heterocycles. The second-order valence-corrected chi connectivity index (χ2v) is 11.3. The minimum absolute atomic E-state index is 0.0249. The number of nitrogens with one attached hydrogen (secondary N) is 1. The van der Waals surface area contributed by atoms with E-state index in [9.17, 15) is 4.79 Å². The number of carbonyl (C=O) groups is 1. The van der Waals surface area contributed by atoms with Gasteiger partial charge in [-0.3, -0.25) is 15.2 Å². The molecule has 0 atom stereocenters. The van der Waals surface area contributed by atoms with Gasteiger partial charge < -0.3 is 0 Å². The van der Waals surface area contributed by atoms with E-state index in [1.807, 2.05) is 47.0 Å². The Kier molecular flexibility index (Phi) is 5.74.